The van der Waals surface area contributed by atoms with Crippen molar-refractivity contribution in [2.75, 3.05) is 14.2 Å². The van der Waals surface area contributed by atoms with Crippen LogP contribution in [-0.4, -0.2) is 32.1 Å². The Balaban J connectivity index is 0.000000921. The van der Waals surface area contributed by atoms with Crippen LogP contribution < -0.4 is 9.47 Å². The summed E-state index contributed by atoms with van der Waals surface area (Å²) >= 11 is 0. The topological polar surface area (TPSA) is 72.8 Å². The van der Waals surface area contributed by atoms with E-state index in [0.29, 0.717) is 5.75 Å². The van der Waals surface area contributed by atoms with Crippen molar-refractivity contribution in [1.82, 2.24) is 0 Å². The average molecular weight is 212 g/mol. The summed E-state index contributed by atoms with van der Waals surface area (Å²) in [6.07, 6.45) is 0. The van der Waals surface area contributed by atoms with Crippen LogP contribution >= 0.6 is 0 Å². The van der Waals surface area contributed by atoms with Crippen molar-refractivity contribution in [3.8, 4) is 11.5 Å². The molecule has 0 aromatic heterocycles. The predicted octanol–water partition coefficient (Wildman–Crippen LogP) is 1.22. The van der Waals surface area contributed by atoms with Crippen LogP contribution in [0.4, 0.5) is 0 Å². The van der Waals surface area contributed by atoms with Gasteiger partial charge in [-0.2, -0.15) is 0 Å². The third kappa shape index (κ3) is 2.98. The van der Waals surface area contributed by atoms with E-state index in [-0.39, 0.29) is 11.3 Å². The van der Waals surface area contributed by atoms with Crippen LogP contribution in [0.1, 0.15) is 10.4 Å². The van der Waals surface area contributed by atoms with E-state index >= 15 is 0 Å². The number of carbonyl (C=O) groups excluding carboxylic acids is 1. The van der Waals surface area contributed by atoms with Crippen LogP contribution in [-0.2, 0) is 4.79 Å². The van der Waals surface area contributed by atoms with E-state index in [4.69, 9.17) is 19.4 Å². The maximum atomic E-state index is 10.7. The molecule has 5 nitrogen and oxygen atoms in total. The molecule has 0 saturated heterocycles. The van der Waals surface area contributed by atoms with Crippen molar-refractivity contribution in [2.45, 2.75) is 0 Å². The maximum Gasteiger partial charge on any atom is 0.339 e. The molecule has 0 aliphatic heterocycles. The van der Waals surface area contributed by atoms with Crippen LogP contribution in [0.25, 0.3) is 0 Å². The predicted molar refractivity (Wildman–Crippen MR) is 53.6 cm³/mol. The third-order valence-corrected chi connectivity index (χ3v) is 1.63. The molecule has 0 radical (unpaired) electrons. The summed E-state index contributed by atoms with van der Waals surface area (Å²) < 4.78 is 9.86. The fraction of sp³-hybridized carbons (Fsp3) is 0.200. The second-order valence-corrected chi connectivity index (χ2v) is 2.35. The van der Waals surface area contributed by atoms with Gasteiger partial charge in [0.15, 0.2) is 11.5 Å². The van der Waals surface area contributed by atoms with Gasteiger partial charge in [0.2, 0.25) is 0 Å². The maximum absolute atomic E-state index is 10.7. The minimum Gasteiger partial charge on any atom is -0.493 e. The van der Waals surface area contributed by atoms with Crippen molar-refractivity contribution in [2.24, 2.45) is 0 Å². The van der Waals surface area contributed by atoms with E-state index in [2.05, 4.69) is 0 Å². The van der Waals surface area contributed by atoms with Crippen LogP contribution in [0.2, 0.25) is 0 Å². The van der Waals surface area contributed by atoms with Gasteiger partial charge in [-0.05, 0) is 12.1 Å². The van der Waals surface area contributed by atoms with Gasteiger partial charge in [0, 0.05) is 0 Å². The zero-order chi connectivity index (χ0) is 11.8. The Hall–Kier alpha value is -2.04. The fourth-order valence-electron chi connectivity index (χ4n) is 1.06. The summed E-state index contributed by atoms with van der Waals surface area (Å²) in [5.74, 6) is -0.365. The first-order valence-electron chi connectivity index (χ1n) is 3.94. The Morgan fingerprint density at radius 2 is 1.87 bits per heavy atom. The highest BCUT2D eigenvalue weighted by molar-refractivity contribution is 5.91. The lowest BCUT2D eigenvalue weighted by atomic mass is 10.2. The zero-order valence-corrected chi connectivity index (χ0v) is 8.52. The first-order valence-corrected chi connectivity index (χ1v) is 3.94. The SMILES string of the molecule is C=O.COc1cccc(C(=O)O)c1OC. The molecule has 0 heterocycles. The Morgan fingerprint density at radius 1 is 1.27 bits per heavy atom. The van der Waals surface area contributed by atoms with Gasteiger partial charge in [-0.15, -0.1) is 0 Å². The third-order valence-electron chi connectivity index (χ3n) is 1.63. The number of hydrogen-bond donors (Lipinski definition) is 1. The highest BCUT2D eigenvalue weighted by atomic mass is 16.5. The van der Waals surface area contributed by atoms with Crippen molar-refractivity contribution >= 4 is 12.8 Å². The molecule has 82 valence electrons. The molecule has 1 aromatic rings. The lowest BCUT2D eigenvalue weighted by Crippen LogP contribution is -2.01. The highest BCUT2D eigenvalue weighted by Gasteiger charge is 2.14. The molecular weight excluding hydrogens is 200 g/mol. The van der Waals surface area contributed by atoms with Crippen molar-refractivity contribution in [1.29, 1.82) is 0 Å². The van der Waals surface area contributed by atoms with Crippen molar-refractivity contribution < 1.29 is 24.2 Å². The summed E-state index contributed by atoms with van der Waals surface area (Å²) in [6, 6.07) is 4.71. The molecule has 0 bridgehead atoms. The van der Waals surface area contributed by atoms with Gasteiger partial charge in [-0.3, -0.25) is 0 Å². The molecule has 1 N–H and O–H groups in total. The molecule has 1 rings (SSSR count). The van der Waals surface area contributed by atoms with Gasteiger partial charge in [0.1, 0.15) is 12.4 Å². The molecule has 5 heteroatoms. The number of carbonyl (C=O) groups is 2. The number of rotatable bonds is 3. The number of carboxylic acids is 1. The van der Waals surface area contributed by atoms with E-state index in [1.807, 2.05) is 6.79 Å². The molecule has 1 aromatic carbocycles. The van der Waals surface area contributed by atoms with Crippen LogP contribution in [0.15, 0.2) is 18.2 Å². The van der Waals surface area contributed by atoms with Gasteiger partial charge >= 0.3 is 5.97 Å². The number of methoxy groups -OCH3 is 2. The van der Waals surface area contributed by atoms with E-state index in [1.54, 1.807) is 12.1 Å². The van der Waals surface area contributed by atoms with Crippen molar-refractivity contribution in [3.05, 3.63) is 23.8 Å². The normalized spacial score (nSPS) is 8.40. The van der Waals surface area contributed by atoms with E-state index in [1.165, 1.54) is 20.3 Å². The van der Waals surface area contributed by atoms with Gasteiger partial charge in [-0.1, -0.05) is 6.07 Å². The number of hydrogen-bond acceptors (Lipinski definition) is 4. The summed E-state index contributed by atoms with van der Waals surface area (Å²) in [5.41, 5.74) is 0.0989. The number of carboxylic acid groups (broad SMARTS) is 1. The lowest BCUT2D eigenvalue weighted by Gasteiger charge is -2.08. The summed E-state index contributed by atoms with van der Waals surface area (Å²) in [6.45, 7) is 2.00. The number of ether oxygens (including phenoxy) is 2. The smallest absolute Gasteiger partial charge is 0.339 e. The molecular formula is C10H12O5. The quantitative estimate of drug-likeness (QED) is 0.815. The second-order valence-electron chi connectivity index (χ2n) is 2.35. The van der Waals surface area contributed by atoms with Gasteiger partial charge < -0.3 is 19.4 Å². The largest absolute Gasteiger partial charge is 0.493 e. The van der Waals surface area contributed by atoms with Gasteiger partial charge in [0.25, 0.3) is 0 Å². The molecule has 15 heavy (non-hydrogen) atoms. The van der Waals surface area contributed by atoms with E-state index in [0.717, 1.165) is 0 Å². The zero-order valence-electron chi connectivity index (χ0n) is 8.52. The number of benzene rings is 1. The molecule has 0 fully saturated rings. The molecule has 0 spiro atoms. The fourth-order valence-corrected chi connectivity index (χ4v) is 1.06. The standard InChI is InChI=1S/C9H10O4.CH2O/c1-12-7-5-3-4-6(9(10)11)8(7)13-2;1-2/h3-5H,1-2H3,(H,10,11);1H2. The molecule has 0 saturated carbocycles. The first kappa shape index (κ1) is 13.0. The van der Waals surface area contributed by atoms with Gasteiger partial charge in [0.05, 0.1) is 14.2 Å². The highest BCUT2D eigenvalue weighted by Crippen LogP contribution is 2.30. The van der Waals surface area contributed by atoms with Gasteiger partial charge in [-0.25, -0.2) is 4.79 Å². The monoisotopic (exact) mass is 212 g/mol. The van der Waals surface area contributed by atoms with E-state index < -0.39 is 5.97 Å². The Kier molecular flexibility index (Phi) is 5.55. The minimum atomic E-state index is -1.03. The Morgan fingerprint density at radius 3 is 2.27 bits per heavy atom. The van der Waals surface area contributed by atoms with E-state index in [9.17, 15) is 4.79 Å². The summed E-state index contributed by atoms with van der Waals surface area (Å²) in [5, 5.41) is 8.78. The lowest BCUT2D eigenvalue weighted by molar-refractivity contribution is -0.0980. The average Bonchev–Trinajstić information content (AvgIpc) is 2.30. The van der Waals surface area contributed by atoms with Crippen LogP contribution in [0.5, 0.6) is 11.5 Å². The number of aromatic carboxylic acids is 1. The number of para-hydroxylation sites is 1. The molecule has 0 atom stereocenters. The van der Waals surface area contributed by atoms with Crippen LogP contribution in [0, 0.1) is 0 Å². The Labute approximate surface area is 87.2 Å². The first-order chi connectivity index (χ1) is 7.20. The molecule has 0 aliphatic carbocycles. The Bertz CT molecular complexity index is 335. The van der Waals surface area contributed by atoms with Crippen molar-refractivity contribution in [3.63, 3.8) is 0 Å². The minimum absolute atomic E-state index is 0.0989. The second kappa shape index (κ2) is 6.42. The molecule has 0 unspecified atom stereocenters. The molecule has 0 amide bonds. The molecule has 0 aliphatic rings. The summed E-state index contributed by atoms with van der Waals surface area (Å²) in [4.78, 5) is 18.7. The van der Waals surface area contributed by atoms with Crippen LogP contribution in [0.3, 0.4) is 0 Å². The summed E-state index contributed by atoms with van der Waals surface area (Å²) in [7, 11) is 2.87.